The van der Waals surface area contributed by atoms with Crippen molar-refractivity contribution in [1.29, 1.82) is 0 Å². The SMILES string of the molecule is CCOc1cc([C@H]2C(C(=O)NCc3ccccc3)=C(C)Nc3ncnn32)ccc1OCc1ccccc1Cl. The van der Waals surface area contributed by atoms with Crippen molar-refractivity contribution in [2.24, 2.45) is 0 Å². The standard InChI is InChI=1S/C29H28ClN5O3/c1-3-37-25-15-21(13-14-24(25)38-17-22-11-7-8-12-23(22)30)27-26(19(2)34-29-32-18-33-35(27)29)28(36)31-16-20-9-5-4-6-10-20/h4-15,18,27H,3,16-17H2,1-2H3,(H,31,36)(H,32,33,34)/t27-/m0/s1. The van der Waals surface area contributed by atoms with Crippen LogP contribution in [0.15, 0.2) is 90.4 Å². The second-order valence-corrected chi connectivity index (χ2v) is 9.19. The number of nitrogens with zero attached hydrogens (tertiary/aromatic N) is 3. The van der Waals surface area contributed by atoms with Crippen LogP contribution in [0.5, 0.6) is 11.5 Å². The van der Waals surface area contributed by atoms with Crippen molar-refractivity contribution in [3.8, 4) is 11.5 Å². The van der Waals surface area contributed by atoms with Gasteiger partial charge in [0.25, 0.3) is 5.91 Å². The van der Waals surface area contributed by atoms with Crippen molar-refractivity contribution in [2.75, 3.05) is 11.9 Å². The quantitative estimate of drug-likeness (QED) is 0.297. The summed E-state index contributed by atoms with van der Waals surface area (Å²) in [5.74, 6) is 1.52. The smallest absolute Gasteiger partial charge is 0.251 e. The number of benzene rings is 3. The van der Waals surface area contributed by atoms with Gasteiger partial charge in [0.15, 0.2) is 11.5 Å². The van der Waals surface area contributed by atoms with E-state index in [1.165, 1.54) is 6.33 Å². The zero-order valence-corrected chi connectivity index (χ0v) is 21.9. The molecule has 9 heteroatoms. The first-order valence-corrected chi connectivity index (χ1v) is 12.7. The third-order valence-corrected chi connectivity index (χ3v) is 6.63. The lowest BCUT2D eigenvalue weighted by Crippen LogP contribution is -2.34. The molecule has 0 spiro atoms. The number of carbonyl (C=O) groups excluding carboxylic acids is 1. The summed E-state index contributed by atoms with van der Waals surface area (Å²) in [6.07, 6.45) is 1.47. The normalized spacial score (nSPS) is 14.4. The molecule has 0 aliphatic carbocycles. The van der Waals surface area contributed by atoms with Crippen molar-refractivity contribution in [3.63, 3.8) is 0 Å². The molecule has 5 rings (SSSR count). The van der Waals surface area contributed by atoms with Gasteiger partial charge in [-0.25, -0.2) is 4.68 Å². The summed E-state index contributed by atoms with van der Waals surface area (Å²) in [6, 6.07) is 22.5. The highest BCUT2D eigenvalue weighted by Crippen LogP contribution is 2.39. The fourth-order valence-corrected chi connectivity index (χ4v) is 4.61. The van der Waals surface area contributed by atoms with Crippen LogP contribution in [0.2, 0.25) is 5.02 Å². The Morgan fingerprint density at radius 3 is 2.63 bits per heavy atom. The zero-order valence-electron chi connectivity index (χ0n) is 21.1. The first kappa shape index (κ1) is 25.4. The Hall–Kier alpha value is -4.30. The molecule has 0 saturated carbocycles. The van der Waals surface area contributed by atoms with Gasteiger partial charge in [0.1, 0.15) is 19.0 Å². The lowest BCUT2D eigenvalue weighted by atomic mass is 9.94. The minimum Gasteiger partial charge on any atom is -0.490 e. The van der Waals surface area contributed by atoms with Gasteiger partial charge in [0.05, 0.1) is 12.2 Å². The number of rotatable bonds is 9. The molecule has 38 heavy (non-hydrogen) atoms. The van der Waals surface area contributed by atoms with E-state index in [0.717, 1.165) is 16.7 Å². The number of halogens is 1. The Labute approximate surface area is 226 Å². The van der Waals surface area contributed by atoms with Crippen LogP contribution in [0, 0.1) is 0 Å². The van der Waals surface area contributed by atoms with Gasteiger partial charge >= 0.3 is 0 Å². The lowest BCUT2D eigenvalue weighted by Gasteiger charge is -2.29. The van der Waals surface area contributed by atoms with E-state index in [2.05, 4.69) is 20.7 Å². The maximum Gasteiger partial charge on any atom is 0.251 e. The van der Waals surface area contributed by atoms with Crippen molar-refractivity contribution in [3.05, 3.63) is 112 Å². The molecule has 1 aliphatic rings. The van der Waals surface area contributed by atoms with Crippen LogP contribution < -0.4 is 20.1 Å². The minimum absolute atomic E-state index is 0.193. The largest absolute Gasteiger partial charge is 0.490 e. The van der Waals surface area contributed by atoms with Gasteiger partial charge in [-0.15, -0.1) is 0 Å². The van der Waals surface area contributed by atoms with Crippen LogP contribution in [0.25, 0.3) is 0 Å². The Kier molecular flexibility index (Phi) is 7.60. The highest BCUT2D eigenvalue weighted by Gasteiger charge is 2.34. The first-order valence-electron chi connectivity index (χ1n) is 12.4. The molecule has 0 fully saturated rings. The van der Waals surface area contributed by atoms with Crippen molar-refractivity contribution in [2.45, 2.75) is 33.0 Å². The Morgan fingerprint density at radius 2 is 1.84 bits per heavy atom. The van der Waals surface area contributed by atoms with E-state index in [1.54, 1.807) is 4.68 Å². The van der Waals surface area contributed by atoms with E-state index in [1.807, 2.05) is 86.6 Å². The number of nitrogens with one attached hydrogen (secondary N) is 2. The Morgan fingerprint density at radius 1 is 1.05 bits per heavy atom. The minimum atomic E-state index is -0.513. The van der Waals surface area contributed by atoms with Gasteiger partial charge in [-0.1, -0.05) is 66.2 Å². The Balaban J connectivity index is 1.46. The lowest BCUT2D eigenvalue weighted by molar-refractivity contribution is -0.118. The number of amides is 1. The van der Waals surface area contributed by atoms with Crippen molar-refractivity contribution >= 4 is 23.5 Å². The molecule has 194 valence electrons. The fourth-order valence-electron chi connectivity index (χ4n) is 4.42. The molecule has 0 saturated heterocycles. The molecular weight excluding hydrogens is 502 g/mol. The second-order valence-electron chi connectivity index (χ2n) is 8.78. The molecule has 0 radical (unpaired) electrons. The average molecular weight is 530 g/mol. The fraction of sp³-hybridized carbons (Fsp3) is 0.207. The van der Waals surface area contributed by atoms with E-state index >= 15 is 0 Å². The number of hydrogen-bond acceptors (Lipinski definition) is 6. The average Bonchev–Trinajstić information content (AvgIpc) is 3.40. The van der Waals surface area contributed by atoms with E-state index < -0.39 is 6.04 Å². The van der Waals surface area contributed by atoms with Gasteiger partial charge < -0.3 is 20.1 Å². The second kappa shape index (κ2) is 11.4. The number of carbonyl (C=O) groups is 1. The zero-order chi connectivity index (χ0) is 26.5. The van der Waals surface area contributed by atoms with Crippen LogP contribution in [0.4, 0.5) is 5.95 Å². The highest BCUT2D eigenvalue weighted by molar-refractivity contribution is 6.31. The third-order valence-electron chi connectivity index (χ3n) is 6.26. The van der Waals surface area contributed by atoms with E-state index in [9.17, 15) is 4.79 Å². The maximum atomic E-state index is 13.5. The molecule has 1 amide bonds. The van der Waals surface area contributed by atoms with Gasteiger partial charge in [-0.3, -0.25) is 4.79 Å². The molecule has 2 N–H and O–H groups in total. The Bertz CT molecular complexity index is 1470. The molecule has 1 aliphatic heterocycles. The number of aromatic nitrogens is 3. The molecule has 0 bridgehead atoms. The van der Waals surface area contributed by atoms with Crippen molar-refractivity contribution < 1.29 is 14.3 Å². The van der Waals surface area contributed by atoms with Crippen LogP contribution in [0.3, 0.4) is 0 Å². The molecule has 0 unspecified atom stereocenters. The predicted molar refractivity (Wildman–Crippen MR) is 146 cm³/mol. The number of ether oxygens (including phenoxy) is 2. The van der Waals surface area contributed by atoms with Crippen molar-refractivity contribution in [1.82, 2.24) is 20.1 Å². The monoisotopic (exact) mass is 529 g/mol. The molecule has 3 aromatic carbocycles. The van der Waals surface area contributed by atoms with E-state index in [0.29, 0.717) is 53.5 Å². The maximum absolute atomic E-state index is 13.5. The molecule has 1 atom stereocenters. The van der Waals surface area contributed by atoms with E-state index in [4.69, 9.17) is 21.1 Å². The van der Waals surface area contributed by atoms with Gasteiger partial charge in [0, 0.05) is 22.8 Å². The van der Waals surface area contributed by atoms with Crippen LogP contribution in [-0.4, -0.2) is 27.3 Å². The summed E-state index contributed by atoms with van der Waals surface area (Å²) in [5.41, 5.74) is 3.96. The summed E-state index contributed by atoms with van der Waals surface area (Å²) in [6.45, 7) is 4.94. The van der Waals surface area contributed by atoms with E-state index in [-0.39, 0.29) is 5.91 Å². The predicted octanol–water partition coefficient (Wildman–Crippen LogP) is 5.51. The summed E-state index contributed by atoms with van der Waals surface area (Å²) < 4.78 is 13.7. The van der Waals surface area contributed by atoms with Gasteiger partial charge in [-0.05, 0) is 43.2 Å². The molecule has 2 heterocycles. The topological polar surface area (TPSA) is 90.3 Å². The summed E-state index contributed by atoms with van der Waals surface area (Å²) in [4.78, 5) is 17.9. The van der Waals surface area contributed by atoms with Crippen LogP contribution in [-0.2, 0) is 17.9 Å². The third kappa shape index (κ3) is 5.35. The number of fused-ring (bicyclic) bond motifs is 1. The van der Waals surface area contributed by atoms with Crippen LogP contribution >= 0.6 is 11.6 Å². The van der Waals surface area contributed by atoms with Gasteiger partial charge in [0.2, 0.25) is 5.95 Å². The summed E-state index contributed by atoms with van der Waals surface area (Å²) >= 11 is 6.30. The highest BCUT2D eigenvalue weighted by atomic mass is 35.5. The first-order chi connectivity index (χ1) is 18.5. The number of anilines is 1. The van der Waals surface area contributed by atoms with Gasteiger partial charge in [-0.2, -0.15) is 10.1 Å². The molecule has 8 nitrogen and oxygen atoms in total. The van der Waals surface area contributed by atoms with Crippen LogP contribution in [0.1, 0.15) is 36.6 Å². The molecular formula is C29H28ClN5O3. The molecule has 1 aromatic heterocycles. The summed E-state index contributed by atoms with van der Waals surface area (Å²) in [5, 5.41) is 11.3. The molecule has 4 aromatic rings. The summed E-state index contributed by atoms with van der Waals surface area (Å²) in [7, 11) is 0. The number of hydrogen-bond donors (Lipinski definition) is 2. The number of allylic oxidation sites excluding steroid dienone is 1.